The summed E-state index contributed by atoms with van der Waals surface area (Å²) in [6, 6.07) is 2.11. The zero-order valence-electron chi connectivity index (χ0n) is 8.00. The fourth-order valence-corrected chi connectivity index (χ4v) is 1.18. The van der Waals surface area contributed by atoms with Gasteiger partial charge in [0.05, 0.1) is 12.2 Å². The van der Waals surface area contributed by atoms with Crippen molar-refractivity contribution in [3.05, 3.63) is 23.5 Å². The average molecular weight is 198 g/mol. The van der Waals surface area contributed by atoms with Gasteiger partial charge in [-0.3, -0.25) is 4.79 Å². The highest BCUT2D eigenvalue weighted by Gasteiger charge is 2.15. The third kappa shape index (κ3) is 2.02. The first-order valence-electron chi connectivity index (χ1n) is 4.22. The van der Waals surface area contributed by atoms with Gasteiger partial charge in [0.25, 0.3) is 0 Å². The Balaban J connectivity index is 3.28. The SMILES string of the molecule is CCOc1cc(O)cc(F)c1C(C)=O. The van der Waals surface area contributed by atoms with Gasteiger partial charge in [0, 0.05) is 12.1 Å². The number of ether oxygens (including phenoxy) is 1. The second-order valence-electron chi connectivity index (χ2n) is 2.79. The number of phenolic OH excluding ortho intramolecular Hbond substituents is 1. The number of halogens is 1. The third-order valence-electron chi connectivity index (χ3n) is 1.69. The van der Waals surface area contributed by atoms with E-state index in [0.29, 0.717) is 6.61 Å². The van der Waals surface area contributed by atoms with Gasteiger partial charge in [-0.05, 0) is 13.8 Å². The molecule has 14 heavy (non-hydrogen) atoms. The van der Waals surface area contributed by atoms with Gasteiger partial charge in [0.2, 0.25) is 0 Å². The maximum atomic E-state index is 13.2. The Hall–Kier alpha value is -1.58. The van der Waals surface area contributed by atoms with Crippen molar-refractivity contribution < 1.29 is 19.0 Å². The van der Waals surface area contributed by atoms with E-state index in [4.69, 9.17) is 9.84 Å². The number of ketones is 1. The molecule has 3 nitrogen and oxygen atoms in total. The van der Waals surface area contributed by atoms with Gasteiger partial charge in [-0.15, -0.1) is 0 Å². The van der Waals surface area contributed by atoms with Crippen LogP contribution >= 0.6 is 0 Å². The van der Waals surface area contributed by atoms with E-state index >= 15 is 0 Å². The smallest absolute Gasteiger partial charge is 0.166 e. The number of hydrogen-bond acceptors (Lipinski definition) is 3. The number of phenols is 1. The summed E-state index contributed by atoms with van der Waals surface area (Å²) in [6.45, 7) is 3.27. The molecule has 1 rings (SSSR count). The molecule has 0 spiro atoms. The second kappa shape index (κ2) is 4.09. The predicted octanol–water partition coefficient (Wildman–Crippen LogP) is 2.13. The van der Waals surface area contributed by atoms with Crippen LogP contribution in [0.25, 0.3) is 0 Å². The van der Waals surface area contributed by atoms with E-state index in [9.17, 15) is 9.18 Å². The first-order chi connectivity index (χ1) is 6.56. The maximum absolute atomic E-state index is 13.2. The van der Waals surface area contributed by atoms with Crippen LogP contribution in [0.4, 0.5) is 4.39 Å². The van der Waals surface area contributed by atoms with Crippen LogP contribution in [0.5, 0.6) is 11.5 Å². The van der Waals surface area contributed by atoms with Gasteiger partial charge in [0.1, 0.15) is 17.3 Å². The largest absolute Gasteiger partial charge is 0.508 e. The molecule has 76 valence electrons. The molecule has 0 aliphatic heterocycles. The van der Waals surface area contributed by atoms with E-state index in [1.165, 1.54) is 13.0 Å². The van der Waals surface area contributed by atoms with Gasteiger partial charge >= 0.3 is 0 Å². The van der Waals surface area contributed by atoms with Gasteiger partial charge in [0.15, 0.2) is 5.78 Å². The lowest BCUT2D eigenvalue weighted by Gasteiger charge is -2.09. The number of carbonyl (C=O) groups excluding carboxylic acids is 1. The summed E-state index contributed by atoms with van der Waals surface area (Å²) >= 11 is 0. The fourth-order valence-electron chi connectivity index (χ4n) is 1.18. The quantitative estimate of drug-likeness (QED) is 0.757. The Morgan fingerprint density at radius 2 is 2.21 bits per heavy atom. The molecule has 1 aromatic carbocycles. The van der Waals surface area contributed by atoms with Crippen molar-refractivity contribution in [2.24, 2.45) is 0 Å². The molecule has 4 heteroatoms. The zero-order chi connectivity index (χ0) is 10.7. The average Bonchev–Trinajstić information content (AvgIpc) is 2.01. The van der Waals surface area contributed by atoms with Crippen molar-refractivity contribution >= 4 is 5.78 Å². The van der Waals surface area contributed by atoms with Gasteiger partial charge in [-0.25, -0.2) is 4.39 Å². The lowest BCUT2D eigenvalue weighted by atomic mass is 10.1. The molecule has 0 radical (unpaired) electrons. The Labute approximate surface area is 81.1 Å². The van der Waals surface area contributed by atoms with Gasteiger partial charge < -0.3 is 9.84 Å². The Bertz CT molecular complexity index is 361. The molecule has 0 heterocycles. The Kier molecular flexibility index (Phi) is 3.06. The summed E-state index contributed by atoms with van der Waals surface area (Å²) in [7, 11) is 0. The maximum Gasteiger partial charge on any atom is 0.166 e. The lowest BCUT2D eigenvalue weighted by molar-refractivity contribution is 0.101. The highest BCUT2D eigenvalue weighted by Crippen LogP contribution is 2.27. The van der Waals surface area contributed by atoms with Crippen molar-refractivity contribution in [3.63, 3.8) is 0 Å². The van der Waals surface area contributed by atoms with Crippen molar-refractivity contribution in [1.82, 2.24) is 0 Å². The minimum Gasteiger partial charge on any atom is -0.508 e. The van der Waals surface area contributed by atoms with Gasteiger partial charge in [-0.1, -0.05) is 0 Å². The molecular weight excluding hydrogens is 187 g/mol. The zero-order valence-corrected chi connectivity index (χ0v) is 8.00. The predicted molar refractivity (Wildman–Crippen MR) is 49.2 cm³/mol. The molecule has 0 aliphatic rings. The monoisotopic (exact) mass is 198 g/mol. The number of aromatic hydroxyl groups is 1. The minimum atomic E-state index is -0.763. The number of Topliss-reactive ketones (excluding diaryl/α,β-unsaturated/α-hetero) is 1. The van der Waals surface area contributed by atoms with E-state index in [2.05, 4.69) is 0 Å². The molecule has 1 aromatic rings. The Morgan fingerprint density at radius 1 is 1.57 bits per heavy atom. The highest BCUT2D eigenvalue weighted by molar-refractivity contribution is 5.97. The molecule has 0 aliphatic carbocycles. The summed E-state index contributed by atoms with van der Waals surface area (Å²) in [5, 5.41) is 9.10. The van der Waals surface area contributed by atoms with Crippen LogP contribution < -0.4 is 4.74 Å². The standard InChI is InChI=1S/C10H11FO3/c1-3-14-9-5-7(13)4-8(11)10(9)6(2)12/h4-5,13H,3H2,1-2H3. The molecule has 0 atom stereocenters. The van der Waals surface area contributed by atoms with E-state index in [1.807, 2.05) is 0 Å². The van der Waals surface area contributed by atoms with Crippen LogP contribution in [0.3, 0.4) is 0 Å². The first-order valence-corrected chi connectivity index (χ1v) is 4.22. The van der Waals surface area contributed by atoms with E-state index in [1.54, 1.807) is 6.92 Å². The molecular formula is C10H11FO3. The molecule has 0 unspecified atom stereocenters. The van der Waals surface area contributed by atoms with E-state index < -0.39 is 11.6 Å². The molecule has 0 bridgehead atoms. The minimum absolute atomic E-state index is 0.0810. The van der Waals surface area contributed by atoms with Gasteiger partial charge in [-0.2, -0.15) is 0 Å². The number of carbonyl (C=O) groups is 1. The molecule has 0 fully saturated rings. The molecule has 0 amide bonds. The molecule has 0 saturated carbocycles. The van der Waals surface area contributed by atoms with Crippen LogP contribution in [-0.4, -0.2) is 17.5 Å². The van der Waals surface area contributed by atoms with Crippen LogP contribution in [0, 0.1) is 5.82 Å². The van der Waals surface area contributed by atoms with Crippen molar-refractivity contribution in [2.45, 2.75) is 13.8 Å². The fraction of sp³-hybridized carbons (Fsp3) is 0.300. The van der Waals surface area contributed by atoms with Crippen LogP contribution in [0.1, 0.15) is 24.2 Å². The normalized spacial score (nSPS) is 9.93. The first kappa shape index (κ1) is 10.5. The third-order valence-corrected chi connectivity index (χ3v) is 1.69. The lowest BCUT2D eigenvalue weighted by Crippen LogP contribution is -2.03. The van der Waals surface area contributed by atoms with E-state index in [0.717, 1.165) is 6.07 Å². The summed E-state index contributed by atoms with van der Waals surface area (Å²) in [6.07, 6.45) is 0. The van der Waals surface area contributed by atoms with Crippen molar-refractivity contribution in [2.75, 3.05) is 6.61 Å². The summed E-state index contributed by atoms with van der Waals surface area (Å²) in [5.41, 5.74) is -0.121. The van der Waals surface area contributed by atoms with Crippen LogP contribution in [0.15, 0.2) is 12.1 Å². The number of rotatable bonds is 3. The summed E-state index contributed by atoms with van der Waals surface area (Å²) in [4.78, 5) is 11.1. The summed E-state index contributed by atoms with van der Waals surface area (Å²) in [5.74, 6) is -1.36. The second-order valence-corrected chi connectivity index (χ2v) is 2.79. The molecule has 0 saturated heterocycles. The highest BCUT2D eigenvalue weighted by atomic mass is 19.1. The number of benzene rings is 1. The topological polar surface area (TPSA) is 46.5 Å². The van der Waals surface area contributed by atoms with Crippen LogP contribution in [-0.2, 0) is 0 Å². The Morgan fingerprint density at radius 3 is 2.71 bits per heavy atom. The van der Waals surface area contributed by atoms with Crippen molar-refractivity contribution in [1.29, 1.82) is 0 Å². The van der Waals surface area contributed by atoms with E-state index in [-0.39, 0.29) is 17.1 Å². The van der Waals surface area contributed by atoms with Crippen molar-refractivity contribution in [3.8, 4) is 11.5 Å². The summed E-state index contributed by atoms with van der Waals surface area (Å²) < 4.78 is 18.3. The molecule has 1 N–H and O–H groups in total. The molecule has 0 aromatic heterocycles. The number of hydrogen-bond donors (Lipinski definition) is 1. The van der Waals surface area contributed by atoms with Crippen LogP contribution in [0.2, 0.25) is 0 Å².